The van der Waals surface area contributed by atoms with Crippen LogP contribution in [0, 0.1) is 5.92 Å². The number of nitrogens with one attached hydrogen (secondary N) is 1. The zero-order valence-corrected chi connectivity index (χ0v) is 10.5. The van der Waals surface area contributed by atoms with Crippen LogP contribution in [-0.2, 0) is 18.4 Å². The number of aromatic nitrogens is 2. The largest absolute Gasteiger partial charge is 0.370 e. The van der Waals surface area contributed by atoms with Crippen LogP contribution in [0.1, 0.15) is 18.7 Å². The quantitative estimate of drug-likeness (QED) is 0.854. The number of ether oxygens (including phenoxy) is 1. The second kappa shape index (κ2) is 5.17. The first-order valence-electron chi connectivity index (χ1n) is 5.63. The van der Waals surface area contributed by atoms with E-state index in [1.54, 1.807) is 6.20 Å². The van der Waals surface area contributed by atoms with Gasteiger partial charge >= 0.3 is 0 Å². The molecule has 90 valence electrons. The molecule has 4 nitrogen and oxygen atoms in total. The van der Waals surface area contributed by atoms with Gasteiger partial charge in [0.25, 0.3) is 0 Å². The zero-order valence-electron chi connectivity index (χ0n) is 9.74. The van der Waals surface area contributed by atoms with Crippen LogP contribution in [0.15, 0.2) is 6.20 Å². The lowest BCUT2D eigenvalue weighted by atomic mass is 9.82. The van der Waals surface area contributed by atoms with Gasteiger partial charge in [0.05, 0.1) is 12.3 Å². The summed E-state index contributed by atoms with van der Waals surface area (Å²) in [7, 11) is 3.89. The van der Waals surface area contributed by atoms with Gasteiger partial charge in [-0.3, -0.25) is 0 Å². The van der Waals surface area contributed by atoms with E-state index in [4.69, 9.17) is 16.3 Å². The summed E-state index contributed by atoms with van der Waals surface area (Å²) in [6.07, 6.45) is 4.36. The Morgan fingerprint density at radius 3 is 2.94 bits per heavy atom. The molecule has 1 aliphatic carbocycles. The van der Waals surface area contributed by atoms with Gasteiger partial charge in [-0.1, -0.05) is 11.6 Å². The summed E-state index contributed by atoms with van der Waals surface area (Å²) in [5.41, 5.74) is 0. The van der Waals surface area contributed by atoms with Gasteiger partial charge in [-0.2, -0.15) is 0 Å². The fourth-order valence-corrected chi connectivity index (χ4v) is 2.16. The topological polar surface area (TPSA) is 39.1 Å². The van der Waals surface area contributed by atoms with Gasteiger partial charge in [0.1, 0.15) is 17.6 Å². The molecular formula is C11H18ClN3O. The Morgan fingerprint density at radius 1 is 1.62 bits per heavy atom. The molecule has 0 spiro atoms. The highest BCUT2D eigenvalue weighted by atomic mass is 35.5. The summed E-state index contributed by atoms with van der Waals surface area (Å²) in [6.45, 7) is 1.65. The van der Waals surface area contributed by atoms with Crippen molar-refractivity contribution in [1.29, 1.82) is 0 Å². The summed E-state index contributed by atoms with van der Waals surface area (Å²) < 4.78 is 7.62. The van der Waals surface area contributed by atoms with Crippen LogP contribution < -0.4 is 5.32 Å². The number of hydrogen-bond acceptors (Lipinski definition) is 3. The number of imidazole rings is 1. The van der Waals surface area contributed by atoms with Crippen LogP contribution in [0.5, 0.6) is 0 Å². The van der Waals surface area contributed by atoms with Crippen LogP contribution in [-0.4, -0.2) is 29.2 Å². The predicted molar refractivity (Wildman–Crippen MR) is 63.4 cm³/mol. The van der Waals surface area contributed by atoms with Gasteiger partial charge in [-0.15, -0.1) is 0 Å². The molecule has 1 aliphatic rings. The maximum atomic E-state index is 5.89. The Labute approximate surface area is 101 Å². The normalized spacial score (nSPS) is 24.4. The minimum absolute atomic E-state index is 0.397. The Bertz CT molecular complexity index is 347. The summed E-state index contributed by atoms with van der Waals surface area (Å²) in [4.78, 5) is 4.19. The first kappa shape index (κ1) is 11.9. The molecule has 1 heterocycles. The van der Waals surface area contributed by atoms with E-state index >= 15 is 0 Å². The third kappa shape index (κ3) is 2.56. The fraction of sp³-hybridized carbons (Fsp3) is 0.727. The van der Waals surface area contributed by atoms with Gasteiger partial charge < -0.3 is 14.6 Å². The van der Waals surface area contributed by atoms with Gasteiger partial charge in [-0.25, -0.2) is 4.98 Å². The van der Waals surface area contributed by atoms with Crippen molar-refractivity contribution in [3.63, 3.8) is 0 Å². The molecule has 1 aromatic rings. The van der Waals surface area contributed by atoms with Crippen molar-refractivity contribution in [2.75, 3.05) is 13.6 Å². The summed E-state index contributed by atoms with van der Waals surface area (Å²) in [5.74, 6) is 1.67. The van der Waals surface area contributed by atoms with Crippen molar-refractivity contribution in [3.8, 4) is 0 Å². The Kier molecular flexibility index (Phi) is 3.84. The number of rotatable bonds is 5. The average molecular weight is 244 g/mol. The maximum Gasteiger partial charge on any atom is 0.135 e. The number of nitrogens with zero attached hydrogens (tertiary/aromatic N) is 2. The molecule has 1 N–H and O–H groups in total. The molecule has 0 unspecified atom stereocenters. The first-order chi connectivity index (χ1) is 7.70. The van der Waals surface area contributed by atoms with Gasteiger partial charge in [0.2, 0.25) is 0 Å². The van der Waals surface area contributed by atoms with E-state index in [0.717, 1.165) is 31.1 Å². The second-order valence-corrected chi connectivity index (χ2v) is 4.77. The molecule has 0 radical (unpaired) electrons. The highest BCUT2D eigenvalue weighted by Crippen LogP contribution is 2.30. The highest BCUT2D eigenvalue weighted by Gasteiger charge is 2.29. The number of halogens is 1. The van der Waals surface area contributed by atoms with E-state index < -0.39 is 0 Å². The molecular weight excluding hydrogens is 226 g/mol. The smallest absolute Gasteiger partial charge is 0.135 e. The molecule has 0 saturated heterocycles. The number of hydrogen-bond donors (Lipinski definition) is 1. The van der Waals surface area contributed by atoms with Gasteiger partial charge in [-0.05, 0) is 32.4 Å². The average Bonchev–Trinajstić information content (AvgIpc) is 2.52. The van der Waals surface area contributed by atoms with Crippen LogP contribution >= 0.6 is 11.6 Å². The lowest BCUT2D eigenvalue weighted by molar-refractivity contribution is -0.0421. The molecule has 1 fully saturated rings. The standard InChI is InChI=1S/C11H18ClN3O/c1-13-5-8-3-9(4-8)16-7-11-14-6-10(12)15(11)2/h6,8-9,13H,3-5,7H2,1-2H3. The lowest BCUT2D eigenvalue weighted by Gasteiger charge is -2.34. The molecule has 0 atom stereocenters. The molecule has 1 aromatic heterocycles. The van der Waals surface area contributed by atoms with E-state index in [1.165, 1.54) is 0 Å². The van der Waals surface area contributed by atoms with Crippen LogP contribution in [0.25, 0.3) is 0 Å². The predicted octanol–water partition coefficient (Wildman–Crippen LogP) is 1.59. The zero-order chi connectivity index (χ0) is 11.5. The molecule has 5 heteroatoms. The Morgan fingerprint density at radius 2 is 2.38 bits per heavy atom. The minimum Gasteiger partial charge on any atom is -0.370 e. The summed E-state index contributed by atoms with van der Waals surface area (Å²) in [6, 6.07) is 0. The van der Waals surface area contributed by atoms with Crippen LogP contribution in [0.3, 0.4) is 0 Å². The molecule has 0 aliphatic heterocycles. The van der Waals surface area contributed by atoms with Crippen molar-refractivity contribution >= 4 is 11.6 Å². The second-order valence-electron chi connectivity index (χ2n) is 4.38. The molecule has 1 saturated carbocycles. The maximum absolute atomic E-state index is 5.89. The van der Waals surface area contributed by atoms with Gasteiger partial charge in [0.15, 0.2) is 0 Å². The SMILES string of the molecule is CNCC1CC(OCc2ncc(Cl)n2C)C1. The van der Waals surface area contributed by atoms with Gasteiger partial charge in [0, 0.05) is 7.05 Å². The minimum atomic E-state index is 0.397. The first-order valence-corrected chi connectivity index (χ1v) is 6.00. The molecule has 2 rings (SSSR count). The summed E-state index contributed by atoms with van der Waals surface area (Å²) in [5, 5.41) is 3.84. The Balaban J connectivity index is 1.71. The van der Waals surface area contributed by atoms with Crippen molar-refractivity contribution in [1.82, 2.24) is 14.9 Å². The van der Waals surface area contributed by atoms with E-state index in [9.17, 15) is 0 Å². The van der Waals surface area contributed by atoms with Crippen LogP contribution in [0.2, 0.25) is 5.15 Å². The Hall–Kier alpha value is -0.580. The lowest BCUT2D eigenvalue weighted by Crippen LogP contribution is -2.36. The molecule has 0 bridgehead atoms. The van der Waals surface area contributed by atoms with E-state index in [2.05, 4.69) is 10.3 Å². The molecule has 0 aromatic carbocycles. The van der Waals surface area contributed by atoms with Crippen LogP contribution in [0.4, 0.5) is 0 Å². The van der Waals surface area contributed by atoms with Crippen molar-refractivity contribution in [3.05, 3.63) is 17.2 Å². The third-order valence-corrected chi connectivity index (χ3v) is 3.51. The molecule has 0 amide bonds. The summed E-state index contributed by atoms with van der Waals surface area (Å²) >= 11 is 5.89. The molecule has 16 heavy (non-hydrogen) atoms. The van der Waals surface area contributed by atoms with E-state index in [0.29, 0.717) is 17.9 Å². The van der Waals surface area contributed by atoms with E-state index in [-0.39, 0.29) is 0 Å². The van der Waals surface area contributed by atoms with Crippen molar-refractivity contribution in [2.24, 2.45) is 13.0 Å². The van der Waals surface area contributed by atoms with Crippen molar-refractivity contribution < 1.29 is 4.74 Å². The third-order valence-electron chi connectivity index (χ3n) is 3.16. The fourth-order valence-electron chi connectivity index (χ4n) is 2.02. The highest BCUT2D eigenvalue weighted by molar-refractivity contribution is 6.29. The van der Waals surface area contributed by atoms with Crippen molar-refractivity contribution in [2.45, 2.75) is 25.6 Å². The van der Waals surface area contributed by atoms with E-state index in [1.807, 2.05) is 18.7 Å². The monoisotopic (exact) mass is 243 g/mol.